The van der Waals surface area contributed by atoms with Crippen molar-refractivity contribution in [2.24, 2.45) is 0 Å². The highest BCUT2D eigenvalue weighted by Crippen LogP contribution is 2.38. The second kappa shape index (κ2) is 7.92. The van der Waals surface area contributed by atoms with Crippen molar-refractivity contribution < 1.29 is 9.32 Å². The van der Waals surface area contributed by atoms with Crippen LogP contribution >= 0.6 is 11.8 Å². The molecule has 1 aliphatic carbocycles. The number of aromatic nitrogens is 3. The van der Waals surface area contributed by atoms with Crippen LogP contribution in [0.3, 0.4) is 0 Å². The predicted octanol–water partition coefficient (Wildman–Crippen LogP) is 4.30. The smallest absolute Gasteiger partial charge is 0.259 e. The third kappa shape index (κ3) is 4.36. The zero-order valence-electron chi connectivity index (χ0n) is 15.0. The molecule has 1 aliphatic rings. The number of rotatable bonds is 7. The van der Waals surface area contributed by atoms with Crippen LogP contribution in [0.4, 0.5) is 5.69 Å². The number of thioether (sulfide) groups is 1. The van der Waals surface area contributed by atoms with Crippen LogP contribution in [0.5, 0.6) is 0 Å². The molecular weight excluding hydrogens is 360 g/mol. The Hall–Kier alpha value is -2.67. The Labute approximate surface area is 161 Å². The number of pyridine rings is 1. The lowest BCUT2D eigenvalue weighted by Gasteiger charge is -2.09. The van der Waals surface area contributed by atoms with Gasteiger partial charge in [-0.15, -0.1) is 0 Å². The summed E-state index contributed by atoms with van der Waals surface area (Å²) in [5.74, 6) is 2.00. The number of nitrogens with zero attached hydrogens (tertiary/aromatic N) is 3. The molecule has 0 spiro atoms. The number of amides is 1. The minimum atomic E-state index is -0.0437. The molecule has 6 nitrogen and oxygen atoms in total. The van der Waals surface area contributed by atoms with E-state index in [4.69, 9.17) is 4.52 Å². The molecule has 1 amide bonds. The molecule has 1 saturated carbocycles. The van der Waals surface area contributed by atoms with E-state index < -0.39 is 0 Å². The Morgan fingerprint density at radius 3 is 2.85 bits per heavy atom. The zero-order chi connectivity index (χ0) is 18.6. The summed E-state index contributed by atoms with van der Waals surface area (Å²) in [6.45, 7) is 2.07. The minimum Gasteiger partial charge on any atom is -0.334 e. The van der Waals surface area contributed by atoms with Crippen LogP contribution in [0.2, 0.25) is 0 Å². The molecule has 0 aliphatic heterocycles. The van der Waals surface area contributed by atoms with E-state index in [0.717, 1.165) is 46.9 Å². The van der Waals surface area contributed by atoms with Gasteiger partial charge in [-0.05, 0) is 43.0 Å². The van der Waals surface area contributed by atoms with E-state index in [1.54, 1.807) is 6.20 Å². The minimum absolute atomic E-state index is 0.0437. The highest BCUT2D eigenvalue weighted by Gasteiger charge is 2.29. The van der Waals surface area contributed by atoms with E-state index in [9.17, 15) is 4.79 Å². The Morgan fingerprint density at radius 1 is 1.26 bits per heavy atom. The van der Waals surface area contributed by atoms with Crippen LogP contribution in [-0.2, 0) is 11.2 Å². The van der Waals surface area contributed by atoms with Crippen molar-refractivity contribution in [3.8, 4) is 11.5 Å². The first kappa shape index (κ1) is 17.7. The standard InChI is InChI=1S/C20H20N4O2S/c1-2-13-5-3-4-6-16(13)22-17(25)12-27-18-10-9-15(11-21-18)20-23-19(24-26-20)14-7-8-14/h3-6,9-11,14H,2,7-8,12H2,1H3,(H,22,25). The fourth-order valence-corrected chi connectivity index (χ4v) is 3.37. The third-order valence-electron chi connectivity index (χ3n) is 4.39. The van der Waals surface area contributed by atoms with Crippen molar-refractivity contribution in [2.75, 3.05) is 11.1 Å². The van der Waals surface area contributed by atoms with Gasteiger partial charge in [0.05, 0.1) is 16.3 Å². The van der Waals surface area contributed by atoms with Crippen LogP contribution in [-0.4, -0.2) is 26.8 Å². The van der Waals surface area contributed by atoms with E-state index in [0.29, 0.717) is 17.6 Å². The van der Waals surface area contributed by atoms with Gasteiger partial charge in [-0.25, -0.2) is 4.98 Å². The molecule has 1 fully saturated rings. The van der Waals surface area contributed by atoms with Crippen molar-refractivity contribution >= 4 is 23.4 Å². The number of carbonyl (C=O) groups is 1. The van der Waals surface area contributed by atoms with E-state index in [2.05, 4.69) is 27.4 Å². The third-order valence-corrected chi connectivity index (χ3v) is 5.33. The van der Waals surface area contributed by atoms with Gasteiger partial charge in [-0.3, -0.25) is 4.79 Å². The lowest BCUT2D eigenvalue weighted by Crippen LogP contribution is -2.15. The molecule has 4 rings (SSSR count). The van der Waals surface area contributed by atoms with Gasteiger partial charge in [0.2, 0.25) is 5.91 Å². The number of anilines is 1. The summed E-state index contributed by atoms with van der Waals surface area (Å²) in [6.07, 6.45) is 4.86. The average molecular weight is 380 g/mol. The van der Waals surface area contributed by atoms with Gasteiger partial charge in [-0.1, -0.05) is 42.0 Å². The Morgan fingerprint density at radius 2 is 2.11 bits per heavy atom. The number of carbonyl (C=O) groups excluding carboxylic acids is 1. The summed E-state index contributed by atoms with van der Waals surface area (Å²) in [5, 5.41) is 7.76. The molecule has 1 N–H and O–H groups in total. The highest BCUT2D eigenvalue weighted by atomic mass is 32.2. The quantitative estimate of drug-likeness (QED) is 0.616. The first-order chi connectivity index (χ1) is 13.2. The summed E-state index contributed by atoms with van der Waals surface area (Å²) < 4.78 is 5.31. The van der Waals surface area contributed by atoms with Gasteiger partial charge in [0, 0.05) is 17.8 Å². The van der Waals surface area contributed by atoms with Crippen molar-refractivity contribution in [1.29, 1.82) is 0 Å². The largest absolute Gasteiger partial charge is 0.334 e. The second-order valence-corrected chi connectivity index (χ2v) is 7.46. The van der Waals surface area contributed by atoms with E-state index in [-0.39, 0.29) is 5.91 Å². The fraction of sp³-hybridized carbons (Fsp3) is 0.300. The van der Waals surface area contributed by atoms with Crippen molar-refractivity contribution in [3.05, 3.63) is 54.0 Å². The number of benzene rings is 1. The Kier molecular flexibility index (Phi) is 5.20. The lowest BCUT2D eigenvalue weighted by atomic mass is 10.1. The second-order valence-electron chi connectivity index (χ2n) is 6.46. The van der Waals surface area contributed by atoms with Gasteiger partial charge < -0.3 is 9.84 Å². The lowest BCUT2D eigenvalue weighted by molar-refractivity contribution is -0.113. The van der Waals surface area contributed by atoms with Gasteiger partial charge in [-0.2, -0.15) is 4.98 Å². The summed E-state index contributed by atoms with van der Waals surface area (Å²) in [6, 6.07) is 11.6. The van der Waals surface area contributed by atoms with Crippen LogP contribution in [0, 0.1) is 0 Å². The number of nitrogens with one attached hydrogen (secondary N) is 1. The molecule has 0 saturated heterocycles. The average Bonchev–Trinajstić information content (AvgIpc) is 3.44. The summed E-state index contributed by atoms with van der Waals surface area (Å²) in [7, 11) is 0. The number of hydrogen-bond acceptors (Lipinski definition) is 6. The van der Waals surface area contributed by atoms with Gasteiger partial charge in [0.15, 0.2) is 5.82 Å². The van der Waals surface area contributed by atoms with Gasteiger partial charge >= 0.3 is 0 Å². The van der Waals surface area contributed by atoms with Crippen molar-refractivity contribution in [2.45, 2.75) is 37.1 Å². The maximum Gasteiger partial charge on any atom is 0.259 e. The molecule has 0 bridgehead atoms. The van der Waals surface area contributed by atoms with E-state index in [1.807, 2.05) is 36.4 Å². The SMILES string of the molecule is CCc1ccccc1NC(=O)CSc1ccc(-c2nc(C3CC3)no2)cn1. The molecule has 0 unspecified atom stereocenters. The van der Waals surface area contributed by atoms with Crippen LogP contribution in [0.15, 0.2) is 52.1 Å². The summed E-state index contributed by atoms with van der Waals surface area (Å²) in [4.78, 5) is 21.0. The van der Waals surface area contributed by atoms with Crippen LogP contribution in [0.25, 0.3) is 11.5 Å². The highest BCUT2D eigenvalue weighted by molar-refractivity contribution is 7.99. The van der Waals surface area contributed by atoms with Crippen molar-refractivity contribution in [1.82, 2.24) is 15.1 Å². The molecule has 138 valence electrons. The van der Waals surface area contributed by atoms with Gasteiger partial charge in [0.1, 0.15) is 0 Å². The maximum absolute atomic E-state index is 12.2. The maximum atomic E-state index is 12.2. The van der Waals surface area contributed by atoms with Crippen LogP contribution in [0.1, 0.15) is 37.1 Å². The zero-order valence-corrected chi connectivity index (χ0v) is 15.8. The molecule has 2 heterocycles. The molecular formula is C20H20N4O2S. The molecule has 27 heavy (non-hydrogen) atoms. The van der Waals surface area contributed by atoms with Crippen LogP contribution < -0.4 is 5.32 Å². The monoisotopic (exact) mass is 380 g/mol. The van der Waals surface area contributed by atoms with Gasteiger partial charge in [0.25, 0.3) is 5.89 Å². The number of aryl methyl sites for hydroxylation is 1. The topological polar surface area (TPSA) is 80.9 Å². The number of hydrogen-bond donors (Lipinski definition) is 1. The Balaban J connectivity index is 1.33. The van der Waals surface area contributed by atoms with E-state index in [1.165, 1.54) is 11.8 Å². The molecule has 7 heteroatoms. The summed E-state index contributed by atoms with van der Waals surface area (Å²) in [5.41, 5.74) is 2.79. The summed E-state index contributed by atoms with van der Waals surface area (Å²) >= 11 is 1.40. The first-order valence-electron chi connectivity index (χ1n) is 9.03. The fourth-order valence-electron chi connectivity index (χ4n) is 2.73. The first-order valence-corrected chi connectivity index (χ1v) is 10.0. The molecule has 2 aromatic heterocycles. The Bertz CT molecular complexity index is 935. The number of para-hydroxylation sites is 1. The molecule has 1 aromatic carbocycles. The molecule has 3 aromatic rings. The van der Waals surface area contributed by atoms with E-state index >= 15 is 0 Å². The predicted molar refractivity (Wildman–Crippen MR) is 105 cm³/mol. The van der Waals surface area contributed by atoms with Crippen molar-refractivity contribution in [3.63, 3.8) is 0 Å². The molecule has 0 atom stereocenters. The normalized spacial score (nSPS) is 13.5. The molecule has 0 radical (unpaired) electrons.